The van der Waals surface area contributed by atoms with Crippen molar-refractivity contribution in [1.29, 1.82) is 0 Å². The molecular formula is C51H50BNOS. The van der Waals surface area contributed by atoms with Crippen LogP contribution in [-0.4, -0.2) is 6.71 Å². The summed E-state index contributed by atoms with van der Waals surface area (Å²) in [6, 6.07) is 50.3. The minimum atomic E-state index is -1.74. The van der Waals surface area contributed by atoms with E-state index in [0.717, 1.165) is 30.0 Å². The zero-order chi connectivity index (χ0) is 37.8. The van der Waals surface area contributed by atoms with Gasteiger partial charge in [-0.2, -0.15) is 0 Å². The summed E-state index contributed by atoms with van der Waals surface area (Å²) in [6.07, 6.45) is 9.09. The Hall–Kier alpha value is -5.19. The van der Waals surface area contributed by atoms with E-state index in [1.165, 1.54) is 64.0 Å². The third-order valence-electron chi connectivity index (χ3n) is 11.8. The van der Waals surface area contributed by atoms with Gasteiger partial charge in [-0.25, -0.2) is 0 Å². The zero-order valence-corrected chi connectivity index (χ0v) is 33.7. The summed E-state index contributed by atoms with van der Waals surface area (Å²) >= 11 is 0. The first kappa shape index (κ1) is 35.5. The summed E-state index contributed by atoms with van der Waals surface area (Å²) in [6.45, 7) is 14.1. The van der Waals surface area contributed by atoms with Crippen molar-refractivity contribution in [2.75, 3.05) is 4.90 Å². The Morgan fingerprint density at radius 3 is 1.82 bits per heavy atom. The van der Waals surface area contributed by atoms with Gasteiger partial charge in [0.2, 0.25) is 0 Å². The predicted molar refractivity (Wildman–Crippen MR) is 236 cm³/mol. The summed E-state index contributed by atoms with van der Waals surface area (Å²) in [5, 5.41) is 0. The molecule has 6 aromatic rings. The van der Waals surface area contributed by atoms with E-state index in [2.05, 4.69) is 198 Å². The van der Waals surface area contributed by atoms with E-state index in [1.807, 2.05) is 0 Å². The molecule has 0 saturated carbocycles. The van der Waals surface area contributed by atoms with Crippen molar-refractivity contribution in [2.45, 2.75) is 86.8 Å². The number of ether oxygens (including phenoxy) is 1. The van der Waals surface area contributed by atoms with Crippen LogP contribution in [0.4, 0.5) is 17.1 Å². The lowest BCUT2D eigenvalue weighted by molar-refractivity contribution is 0.487. The maximum Gasteiger partial charge on any atom is 0.251 e. The molecular weight excluding hydrogens is 685 g/mol. The number of benzene rings is 6. The van der Waals surface area contributed by atoms with Gasteiger partial charge < -0.3 is 9.64 Å². The van der Waals surface area contributed by atoms with E-state index < -0.39 is 10.0 Å². The van der Waals surface area contributed by atoms with E-state index in [1.54, 1.807) is 0 Å². The molecule has 1 aliphatic carbocycles. The molecule has 2 aliphatic heterocycles. The SMILES string of the molecule is CC(C)c1cc(C(C)C)c(B2c3ccccc3Oc3cc(N4c5ccccc5S(C5=CC=CCC5)(c5ccccc5)c5ccccc54)ccc32)c(C(C)C)c1. The normalized spacial score (nSPS) is 15.9. The van der Waals surface area contributed by atoms with Gasteiger partial charge in [-0.3, -0.25) is 0 Å². The maximum absolute atomic E-state index is 6.97. The first-order valence-electron chi connectivity index (χ1n) is 20.1. The summed E-state index contributed by atoms with van der Waals surface area (Å²) in [7, 11) is -1.74. The highest BCUT2D eigenvalue weighted by Crippen LogP contribution is 2.80. The van der Waals surface area contributed by atoms with Gasteiger partial charge >= 0.3 is 0 Å². The van der Waals surface area contributed by atoms with Gasteiger partial charge in [0.1, 0.15) is 11.5 Å². The number of anilines is 3. The number of hydrogen-bond acceptors (Lipinski definition) is 2. The average Bonchev–Trinajstić information content (AvgIpc) is 3.21. The molecule has 4 heteroatoms. The van der Waals surface area contributed by atoms with Crippen molar-refractivity contribution in [3.63, 3.8) is 0 Å². The Bertz CT molecular complexity index is 2400. The minimum absolute atomic E-state index is 0.0624. The molecule has 0 N–H and O–H groups in total. The van der Waals surface area contributed by atoms with Crippen LogP contribution in [0.2, 0.25) is 0 Å². The molecule has 0 fully saturated rings. The molecule has 9 rings (SSSR count). The molecule has 3 aliphatic rings. The highest BCUT2D eigenvalue weighted by atomic mass is 32.3. The Morgan fingerprint density at radius 1 is 0.600 bits per heavy atom. The predicted octanol–water partition coefficient (Wildman–Crippen LogP) is 13.0. The van der Waals surface area contributed by atoms with E-state index in [4.69, 9.17) is 4.74 Å². The van der Waals surface area contributed by atoms with Crippen molar-refractivity contribution < 1.29 is 4.74 Å². The molecule has 0 saturated heterocycles. The lowest BCUT2D eigenvalue weighted by atomic mass is 9.34. The van der Waals surface area contributed by atoms with Crippen molar-refractivity contribution in [3.8, 4) is 11.5 Å². The summed E-state index contributed by atoms with van der Waals surface area (Å²) in [5.41, 5.74) is 11.8. The van der Waals surface area contributed by atoms with Crippen LogP contribution in [0.1, 0.15) is 88.8 Å². The van der Waals surface area contributed by atoms with Crippen LogP contribution >= 0.6 is 10.0 Å². The first-order chi connectivity index (χ1) is 26.8. The van der Waals surface area contributed by atoms with Gasteiger partial charge in [0.25, 0.3) is 6.71 Å². The molecule has 0 amide bonds. The van der Waals surface area contributed by atoms with Crippen LogP contribution in [0, 0.1) is 0 Å². The highest BCUT2D eigenvalue weighted by Gasteiger charge is 2.44. The van der Waals surface area contributed by atoms with Crippen LogP contribution in [-0.2, 0) is 0 Å². The molecule has 0 spiro atoms. The van der Waals surface area contributed by atoms with Gasteiger partial charge in [0, 0.05) is 26.4 Å². The Kier molecular flexibility index (Phi) is 9.14. The number of nitrogens with zero attached hydrogens (tertiary/aromatic N) is 1. The summed E-state index contributed by atoms with van der Waals surface area (Å²) in [4.78, 5) is 8.16. The highest BCUT2D eigenvalue weighted by molar-refractivity contribution is 8.37. The van der Waals surface area contributed by atoms with E-state index in [9.17, 15) is 0 Å². The van der Waals surface area contributed by atoms with Gasteiger partial charge in [-0.1, -0.05) is 144 Å². The van der Waals surface area contributed by atoms with Gasteiger partial charge in [0.15, 0.2) is 0 Å². The monoisotopic (exact) mass is 735 g/mol. The zero-order valence-electron chi connectivity index (χ0n) is 32.9. The van der Waals surface area contributed by atoms with Gasteiger partial charge in [0.05, 0.1) is 11.4 Å². The van der Waals surface area contributed by atoms with Crippen LogP contribution in [0.3, 0.4) is 0 Å². The second-order valence-corrected chi connectivity index (χ2v) is 19.3. The van der Waals surface area contributed by atoms with Crippen LogP contribution in [0.5, 0.6) is 11.5 Å². The molecule has 0 atom stereocenters. The Labute approximate surface area is 330 Å². The summed E-state index contributed by atoms with van der Waals surface area (Å²) < 4.78 is 6.97. The molecule has 6 aromatic carbocycles. The third kappa shape index (κ3) is 5.72. The number of para-hydroxylation sites is 3. The maximum atomic E-state index is 6.97. The molecule has 0 bridgehead atoms. The van der Waals surface area contributed by atoms with Crippen molar-refractivity contribution in [3.05, 3.63) is 173 Å². The lowest BCUT2D eigenvalue weighted by Gasteiger charge is -2.51. The summed E-state index contributed by atoms with van der Waals surface area (Å²) in [5.74, 6) is 3.10. The average molecular weight is 736 g/mol. The fourth-order valence-electron chi connectivity index (χ4n) is 9.22. The Balaban J connectivity index is 1.27. The molecule has 0 aromatic heterocycles. The van der Waals surface area contributed by atoms with Crippen molar-refractivity contribution in [2.24, 2.45) is 0 Å². The molecule has 2 heterocycles. The second-order valence-electron chi connectivity index (χ2n) is 16.2. The first-order valence-corrected chi connectivity index (χ1v) is 21.7. The molecule has 274 valence electrons. The van der Waals surface area contributed by atoms with Crippen LogP contribution in [0.25, 0.3) is 0 Å². The minimum Gasteiger partial charge on any atom is -0.458 e. The fourth-order valence-corrected chi connectivity index (χ4v) is 13.6. The van der Waals surface area contributed by atoms with Crippen molar-refractivity contribution >= 4 is 50.2 Å². The smallest absolute Gasteiger partial charge is 0.251 e. The molecule has 2 nitrogen and oxygen atoms in total. The van der Waals surface area contributed by atoms with E-state index in [0.29, 0.717) is 17.8 Å². The number of fused-ring (bicyclic) bond motifs is 4. The van der Waals surface area contributed by atoms with Crippen molar-refractivity contribution in [1.82, 2.24) is 0 Å². The molecule has 55 heavy (non-hydrogen) atoms. The largest absolute Gasteiger partial charge is 0.458 e. The fraction of sp³-hybridized carbons (Fsp3) is 0.216. The Morgan fingerprint density at radius 2 is 1.20 bits per heavy atom. The standard InChI is InChI=1S/C51H50BNOS/c1-34(2)37-31-41(35(3)4)51(42(32-37)36(5)6)52-43-23-13-16-26-47(43)54-48-33-38(29-30-44(48)52)53-45-24-14-17-27-49(45)55(39-19-9-7-10-20-39,40-21-11-8-12-22-40)50-28-18-15-25-46(50)53/h7-11,13-21,23-36H,12,22H2,1-6H3. The van der Waals surface area contributed by atoms with Gasteiger partial charge in [-0.15, -0.1) is 10.0 Å². The number of hydrogen-bond donors (Lipinski definition) is 0. The van der Waals surface area contributed by atoms with Crippen LogP contribution < -0.4 is 26.0 Å². The van der Waals surface area contributed by atoms with Crippen LogP contribution in [0.15, 0.2) is 171 Å². The number of rotatable bonds is 7. The topological polar surface area (TPSA) is 12.5 Å². The second kappa shape index (κ2) is 14.1. The number of allylic oxidation sites excluding steroid dienone is 4. The third-order valence-corrected chi connectivity index (χ3v) is 15.9. The van der Waals surface area contributed by atoms with E-state index >= 15 is 0 Å². The van der Waals surface area contributed by atoms with E-state index in [-0.39, 0.29) is 6.71 Å². The molecule has 0 unspecified atom stereocenters. The van der Waals surface area contributed by atoms with Gasteiger partial charge in [-0.05, 0) is 112 Å². The quantitative estimate of drug-likeness (QED) is 0.151. The molecule has 0 radical (unpaired) electrons. The lowest BCUT2D eigenvalue weighted by Crippen LogP contribution is -2.57.